The Kier molecular flexibility index (Phi) is 5.45. The van der Waals surface area contributed by atoms with Crippen LogP contribution in [0.3, 0.4) is 0 Å². The van der Waals surface area contributed by atoms with Crippen LogP contribution < -0.4 is 0 Å². The van der Waals surface area contributed by atoms with Gasteiger partial charge >= 0.3 is 85.1 Å². The third-order valence-electron chi connectivity index (χ3n) is 3.20. The molecule has 1 aliphatic heterocycles. The molecule has 0 aliphatic carbocycles. The van der Waals surface area contributed by atoms with Crippen LogP contribution in [0.25, 0.3) is 0 Å². The fourth-order valence-electron chi connectivity index (χ4n) is 2.16. The maximum absolute atomic E-state index is 2.46. The van der Waals surface area contributed by atoms with Crippen LogP contribution in [-0.4, -0.2) is 21.4 Å². The molecule has 0 nitrogen and oxygen atoms in total. The Morgan fingerprint density at radius 3 is 2.50 bits per heavy atom. The van der Waals surface area contributed by atoms with Gasteiger partial charge in [0.25, 0.3) is 0 Å². The summed E-state index contributed by atoms with van der Waals surface area (Å²) in [7, 11) is 0. The van der Waals surface area contributed by atoms with E-state index in [4.69, 9.17) is 0 Å². The van der Waals surface area contributed by atoms with Crippen LogP contribution >= 0.6 is 0 Å². The van der Waals surface area contributed by atoms with E-state index in [1.165, 1.54) is 19.3 Å². The van der Waals surface area contributed by atoms with Crippen molar-refractivity contribution in [3.05, 3.63) is 12.2 Å². The van der Waals surface area contributed by atoms with Crippen molar-refractivity contribution in [2.45, 2.75) is 45.6 Å². The maximum atomic E-state index is 2.46. The van der Waals surface area contributed by atoms with E-state index in [0.29, 0.717) is 0 Å². The van der Waals surface area contributed by atoms with E-state index >= 15 is 0 Å². The van der Waals surface area contributed by atoms with Crippen molar-refractivity contribution in [1.82, 2.24) is 0 Å². The standard InChI is InChI=1S/C6H13.C5H8.In/c1-4-6(3)5-2;1-3-5-4-2;/h6H,3-5H2,1-2H3;3,5H,1-2,4H2;. The molecule has 0 saturated carbocycles. The van der Waals surface area contributed by atoms with Crippen LogP contribution in [0.4, 0.5) is 0 Å². The fourth-order valence-corrected chi connectivity index (χ4v) is 12.2. The summed E-state index contributed by atoms with van der Waals surface area (Å²) in [6.45, 7) is 4.72. The van der Waals surface area contributed by atoms with E-state index in [-0.39, 0.29) is 0 Å². The second kappa shape index (κ2) is 6.12. The van der Waals surface area contributed by atoms with Gasteiger partial charge in [-0.15, -0.1) is 0 Å². The number of allylic oxidation sites excluding steroid dienone is 2. The molecule has 0 aromatic carbocycles. The minimum atomic E-state index is -0.975. The Morgan fingerprint density at radius 2 is 2.00 bits per heavy atom. The molecule has 0 spiro atoms. The fraction of sp³-hybridized carbons (Fsp3) is 0.818. The van der Waals surface area contributed by atoms with Crippen LogP contribution in [0.15, 0.2) is 12.2 Å². The van der Waals surface area contributed by atoms with Crippen LogP contribution in [0.1, 0.15) is 33.1 Å². The van der Waals surface area contributed by atoms with Gasteiger partial charge in [-0.2, -0.15) is 0 Å². The van der Waals surface area contributed by atoms with Crippen molar-refractivity contribution in [3.8, 4) is 0 Å². The number of rotatable bonds is 4. The van der Waals surface area contributed by atoms with E-state index in [1.54, 1.807) is 12.5 Å². The molecule has 0 N–H and O–H groups in total. The molecule has 1 heteroatoms. The zero-order valence-electron chi connectivity index (χ0n) is 8.55. The summed E-state index contributed by atoms with van der Waals surface area (Å²) < 4.78 is 4.88. The van der Waals surface area contributed by atoms with Gasteiger partial charge in [0, 0.05) is 0 Å². The third kappa shape index (κ3) is 3.55. The molecule has 1 heterocycles. The SMILES string of the molecule is CCC(CC)[CH2][In]1[CH2]C=CC[CH2]1. The normalized spacial score (nSPS) is 17.4. The molecule has 0 radical (unpaired) electrons. The molecule has 0 aromatic heterocycles. The topological polar surface area (TPSA) is 0 Å². The van der Waals surface area contributed by atoms with Gasteiger partial charge in [0.1, 0.15) is 0 Å². The van der Waals surface area contributed by atoms with Gasteiger partial charge in [-0.1, -0.05) is 0 Å². The average molecular weight is 268 g/mol. The van der Waals surface area contributed by atoms with Crippen LogP contribution in [-0.2, 0) is 0 Å². The molecule has 0 atom stereocenters. The van der Waals surface area contributed by atoms with Gasteiger partial charge in [-0.05, 0) is 0 Å². The van der Waals surface area contributed by atoms with E-state index in [1.807, 2.05) is 0 Å². The average Bonchev–Trinajstić information content (AvgIpc) is 2.16. The predicted octanol–water partition coefficient (Wildman–Crippen LogP) is 3.88. The zero-order valence-corrected chi connectivity index (χ0v) is 11.8. The van der Waals surface area contributed by atoms with E-state index in [2.05, 4.69) is 26.0 Å². The third-order valence-corrected chi connectivity index (χ3v) is 13.0. The first-order valence-corrected chi connectivity index (χ1v) is 12.5. The molecule has 12 heavy (non-hydrogen) atoms. The van der Waals surface area contributed by atoms with Gasteiger partial charge in [0.15, 0.2) is 0 Å². The molecule has 0 aromatic rings. The summed E-state index contributed by atoms with van der Waals surface area (Å²) in [5, 5.41) is 0. The number of hydrogen-bond acceptors (Lipinski definition) is 0. The molecule has 0 unspecified atom stereocenters. The van der Waals surface area contributed by atoms with Gasteiger partial charge in [-0.3, -0.25) is 0 Å². The first kappa shape index (κ1) is 10.7. The predicted molar refractivity (Wildman–Crippen MR) is 58.0 cm³/mol. The summed E-state index contributed by atoms with van der Waals surface area (Å²) in [6, 6.07) is 0. The minimum absolute atomic E-state index is 0.975. The Labute approximate surface area is 85.0 Å². The monoisotopic (exact) mass is 268 g/mol. The van der Waals surface area contributed by atoms with Gasteiger partial charge in [0.05, 0.1) is 0 Å². The second-order valence-corrected chi connectivity index (χ2v) is 13.4. The first-order valence-electron chi connectivity index (χ1n) is 5.51. The van der Waals surface area contributed by atoms with Crippen molar-refractivity contribution in [1.29, 1.82) is 0 Å². The number of hydrogen-bond donors (Lipinski definition) is 0. The quantitative estimate of drug-likeness (QED) is 0.679. The second-order valence-electron chi connectivity index (χ2n) is 4.07. The van der Waals surface area contributed by atoms with Crippen molar-refractivity contribution in [2.24, 2.45) is 5.92 Å². The molecule has 68 valence electrons. The Balaban J connectivity index is 2.24. The molecule has 1 rings (SSSR count). The molecule has 0 amide bonds. The molecule has 0 bridgehead atoms. The Bertz CT molecular complexity index is 136. The van der Waals surface area contributed by atoms with Crippen LogP contribution in [0.2, 0.25) is 12.5 Å². The van der Waals surface area contributed by atoms with E-state index < -0.39 is 21.4 Å². The summed E-state index contributed by atoms with van der Waals surface area (Å²) in [4.78, 5) is 0. The van der Waals surface area contributed by atoms with Gasteiger partial charge < -0.3 is 0 Å². The first-order chi connectivity index (χ1) is 5.86. The van der Waals surface area contributed by atoms with Crippen molar-refractivity contribution < 1.29 is 0 Å². The summed E-state index contributed by atoms with van der Waals surface area (Å²) >= 11 is -0.975. The molecule has 0 saturated heterocycles. The van der Waals surface area contributed by atoms with Crippen LogP contribution in [0.5, 0.6) is 0 Å². The zero-order chi connectivity index (χ0) is 8.81. The summed E-state index contributed by atoms with van der Waals surface area (Å²) in [6.07, 6.45) is 9.12. The van der Waals surface area contributed by atoms with Crippen molar-refractivity contribution in [3.63, 3.8) is 0 Å². The summed E-state index contributed by atoms with van der Waals surface area (Å²) in [5.74, 6) is 1.08. The molecular weight excluding hydrogens is 247 g/mol. The summed E-state index contributed by atoms with van der Waals surface area (Å²) in [5.41, 5.74) is 0. The van der Waals surface area contributed by atoms with E-state index in [9.17, 15) is 0 Å². The van der Waals surface area contributed by atoms with Gasteiger partial charge in [-0.25, -0.2) is 0 Å². The Hall–Kier alpha value is 0.610. The molecule has 0 fully saturated rings. The van der Waals surface area contributed by atoms with Gasteiger partial charge in [0.2, 0.25) is 0 Å². The van der Waals surface area contributed by atoms with Crippen molar-refractivity contribution in [2.75, 3.05) is 0 Å². The molecule has 1 aliphatic rings. The van der Waals surface area contributed by atoms with Crippen LogP contribution in [0, 0.1) is 5.92 Å². The van der Waals surface area contributed by atoms with Crippen molar-refractivity contribution >= 4 is 21.4 Å². The Morgan fingerprint density at radius 1 is 1.25 bits per heavy atom. The van der Waals surface area contributed by atoms with E-state index in [0.717, 1.165) is 5.92 Å². The molecular formula is C11H21In.